The van der Waals surface area contributed by atoms with E-state index in [1.165, 1.54) is 0 Å². The van der Waals surface area contributed by atoms with Crippen LogP contribution >= 0.6 is 11.8 Å². The molecule has 14 heavy (non-hydrogen) atoms. The van der Waals surface area contributed by atoms with Gasteiger partial charge in [-0.15, -0.1) is 0 Å². The SMILES string of the molecule is O=C(O)C1(n2ccnc2)CCSCC1. The number of carboxylic acids is 1. The lowest BCUT2D eigenvalue weighted by atomic mass is 9.92. The molecule has 0 amide bonds. The molecule has 0 saturated carbocycles. The van der Waals surface area contributed by atoms with Crippen molar-refractivity contribution in [3.8, 4) is 0 Å². The van der Waals surface area contributed by atoms with Crippen LogP contribution in [-0.2, 0) is 10.3 Å². The number of imidazole rings is 1. The lowest BCUT2D eigenvalue weighted by Crippen LogP contribution is -2.44. The molecule has 1 fully saturated rings. The average Bonchev–Trinajstić information content (AvgIpc) is 2.72. The molecule has 1 aromatic rings. The minimum atomic E-state index is -0.748. The van der Waals surface area contributed by atoms with Crippen molar-refractivity contribution in [3.63, 3.8) is 0 Å². The number of aliphatic carboxylic acids is 1. The number of hydrogen-bond acceptors (Lipinski definition) is 3. The Hall–Kier alpha value is -0.970. The summed E-state index contributed by atoms with van der Waals surface area (Å²) in [6.07, 6.45) is 6.34. The van der Waals surface area contributed by atoms with E-state index in [-0.39, 0.29) is 0 Å². The molecule has 5 heteroatoms. The molecule has 1 N–H and O–H groups in total. The summed E-state index contributed by atoms with van der Waals surface area (Å²) in [5.41, 5.74) is -0.748. The molecular formula is C9H12N2O2S. The fourth-order valence-corrected chi connectivity index (χ4v) is 2.97. The van der Waals surface area contributed by atoms with E-state index < -0.39 is 11.5 Å². The predicted molar refractivity (Wildman–Crippen MR) is 54.4 cm³/mol. The zero-order valence-electron chi connectivity index (χ0n) is 7.72. The molecule has 0 radical (unpaired) electrons. The van der Waals surface area contributed by atoms with Gasteiger partial charge in [0.05, 0.1) is 6.33 Å². The summed E-state index contributed by atoms with van der Waals surface area (Å²) in [7, 11) is 0. The third-order valence-electron chi connectivity index (χ3n) is 2.72. The maximum absolute atomic E-state index is 11.3. The van der Waals surface area contributed by atoms with E-state index in [0.29, 0.717) is 12.8 Å². The molecule has 0 aromatic carbocycles. The zero-order valence-corrected chi connectivity index (χ0v) is 8.54. The van der Waals surface area contributed by atoms with Gasteiger partial charge >= 0.3 is 5.97 Å². The van der Waals surface area contributed by atoms with E-state index in [0.717, 1.165) is 11.5 Å². The molecule has 2 rings (SSSR count). The topological polar surface area (TPSA) is 55.1 Å². The monoisotopic (exact) mass is 212 g/mol. The second-order valence-electron chi connectivity index (χ2n) is 3.42. The molecule has 1 saturated heterocycles. The Bertz CT molecular complexity index is 318. The van der Waals surface area contributed by atoms with Crippen LogP contribution in [0.15, 0.2) is 18.7 Å². The zero-order chi connectivity index (χ0) is 10.0. The summed E-state index contributed by atoms with van der Waals surface area (Å²) in [4.78, 5) is 15.2. The Morgan fingerprint density at radius 2 is 2.21 bits per heavy atom. The number of hydrogen-bond donors (Lipinski definition) is 1. The van der Waals surface area contributed by atoms with Crippen LogP contribution in [0.2, 0.25) is 0 Å². The summed E-state index contributed by atoms with van der Waals surface area (Å²) in [5, 5.41) is 9.30. The van der Waals surface area contributed by atoms with Crippen LogP contribution in [0.3, 0.4) is 0 Å². The van der Waals surface area contributed by atoms with Crippen LogP contribution in [0.1, 0.15) is 12.8 Å². The Morgan fingerprint density at radius 1 is 1.50 bits per heavy atom. The molecule has 76 valence electrons. The first-order chi connectivity index (χ1) is 6.76. The van der Waals surface area contributed by atoms with E-state index in [1.807, 2.05) is 11.8 Å². The van der Waals surface area contributed by atoms with Crippen LogP contribution in [0, 0.1) is 0 Å². The Labute approximate surface area is 86.3 Å². The Morgan fingerprint density at radius 3 is 2.71 bits per heavy atom. The van der Waals surface area contributed by atoms with Gasteiger partial charge in [-0.05, 0) is 24.3 Å². The quantitative estimate of drug-likeness (QED) is 0.800. The molecule has 1 aromatic heterocycles. The summed E-state index contributed by atoms with van der Waals surface area (Å²) in [6.45, 7) is 0. The van der Waals surface area contributed by atoms with Gasteiger partial charge in [0.2, 0.25) is 0 Å². The third-order valence-corrected chi connectivity index (χ3v) is 3.70. The number of nitrogens with zero attached hydrogens (tertiary/aromatic N) is 2. The van der Waals surface area contributed by atoms with E-state index in [2.05, 4.69) is 4.98 Å². The Balaban J connectivity index is 2.35. The maximum atomic E-state index is 11.3. The van der Waals surface area contributed by atoms with Gasteiger partial charge in [0.15, 0.2) is 0 Å². The number of rotatable bonds is 2. The van der Waals surface area contributed by atoms with Crippen molar-refractivity contribution in [2.75, 3.05) is 11.5 Å². The Kier molecular flexibility index (Phi) is 2.50. The first-order valence-corrected chi connectivity index (χ1v) is 5.71. The molecule has 4 nitrogen and oxygen atoms in total. The summed E-state index contributed by atoms with van der Waals surface area (Å²) < 4.78 is 1.73. The van der Waals surface area contributed by atoms with Crippen molar-refractivity contribution in [2.45, 2.75) is 18.4 Å². The molecule has 0 bridgehead atoms. The van der Waals surface area contributed by atoms with Gasteiger partial charge in [-0.25, -0.2) is 9.78 Å². The van der Waals surface area contributed by atoms with Gasteiger partial charge in [-0.2, -0.15) is 11.8 Å². The third kappa shape index (κ3) is 1.41. The summed E-state index contributed by atoms with van der Waals surface area (Å²) in [5.74, 6) is 1.07. The molecule has 2 heterocycles. The van der Waals surface area contributed by atoms with Gasteiger partial charge < -0.3 is 9.67 Å². The molecule has 0 unspecified atom stereocenters. The number of carbonyl (C=O) groups is 1. The molecule has 0 aliphatic carbocycles. The van der Waals surface area contributed by atoms with Crippen molar-refractivity contribution < 1.29 is 9.90 Å². The van der Waals surface area contributed by atoms with Gasteiger partial charge in [-0.1, -0.05) is 0 Å². The number of thioether (sulfide) groups is 1. The van der Waals surface area contributed by atoms with Crippen molar-refractivity contribution in [1.82, 2.24) is 9.55 Å². The summed E-state index contributed by atoms with van der Waals surface area (Å²) >= 11 is 1.81. The largest absolute Gasteiger partial charge is 0.479 e. The fourth-order valence-electron chi connectivity index (χ4n) is 1.80. The van der Waals surface area contributed by atoms with Crippen molar-refractivity contribution in [2.24, 2.45) is 0 Å². The van der Waals surface area contributed by atoms with Gasteiger partial charge in [0.25, 0.3) is 0 Å². The predicted octanol–water partition coefficient (Wildman–Crippen LogP) is 1.19. The second-order valence-corrected chi connectivity index (χ2v) is 4.64. The van der Waals surface area contributed by atoms with Crippen LogP contribution in [0.4, 0.5) is 0 Å². The standard InChI is InChI=1S/C9H12N2O2S/c12-8(13)9(1-5-14-6-2-9)11-4-3-10-7-11/h3-4,7H,1-2,5-6H2,(H,12,13). The van der Waals surface area contributed by atoms with E-state index >= 15 is 0 Å². The van der Waals surface area contributed by atoms with Crippen molar-refractivity contribution in [3.05, 3.63) is 18.7 Å². The average molecular weight is 212 g/mol. The highest BCUT2D eigenvalue weighted by Gasteiger charge is 2.41. The van der Waals surface area contributed by atoms with Gasteiger partial charge in [0.1, 0.15) is 5.54 Å². The minimum Gasteiger partial charge on any atom is -0.479 e. The van der Waals surface area contributed by atoms with E-state index in [9.17, 15) is 9.90 Å². The van der Waals surface area contributed by atoms with E-state index in [4.69, 9.17) is 0 Å². The van der Waals surface area contributed by atoms with Crippen LogP contribution in [0.25, 0.3) is 0 Å². The van der Waals surface area contributed by atoms with Crippen LogP contribution in [0.5, 0.6) is 0 Å². The normalized spacial score (nSPS) is 20.6. The first-order valence-electron chi connectivity index (χ1n) is 4.55. The lowest BCUT2D eigenvalue weighted by molar-refractivity contribution is -0.148. The van der Waals surface area contributed by atoms with E-state index in [1.54, 1.807) is 23.3 Å². The minimum absolute atomic E-state index is 0.684. The fraction of sp³-hybridized carbons (Fsp3) is 0.556. The highest BCUT2D eigenvalue weighted by molar-refractivity contribution is 7.99. The van der Waals surface area contributed by atoms with Crippen LogP contribution < -0.4 is 0 Å². The lowest BCUT2D eigenvalue weighted by Gasteiger charge is -2.33. The smallest absolute Gasteiger partial charge is 0.329 e. The van der Waals surface area contributed by atoms with Crippen LogP contribution in [-0.4, -0.2) is 32.1 Å². The summed E-state index contributed by atoms with van der Waals surface area (Å²) in [6, 6.07) is 0. The number of aromatic nitrogens is 2. The highest BCUT2D eigenvalue weighted by atomic mass is 32.2. The van der Waals surface area contributed by atoms with Gasteiger partial charge in [-0.3, -0.25) is 0 Å². The van der Waals surface area contributed by atoms with Crippen molar-refractivity contribution in [1.29, 1.82) is 0 Å². The maximum Gasteiger partial charge on any atom is 0.329 e. The second kappa shape index (κ2) is 3.65. The number of carboxylic acid groups (broad SMARTS) is 1. The highest BCUT2D eigenvalue weighted by Crippen LogP contribution is 2.33. The van der Waals surface area contributed by atoms with Gasteiger partial charge in [0, 0.05) is 12.4 Å². The molecule has 1 aliphatic heterocycles. The molecular weight excluding hydrogens is 200 g/mol. The molecule has 1 aliphatic rings. The molecule has 0 spiro atoms. The van der Waals surface area contributed by atoms with Crippen molar-refractivity contribution >= 4 is 17.7 Å². The molecule has 0 atom stereocenters. The first kappa shape index (κ1) is 9.58.